The molecule has 0 aliphatic heterocycles. The van der Waals surface area contributed by atoms with Crippen molar-refractivity contribution in [3.63, 3.8) is 0 Å². The standard InChI is InChI=1S/C19H22BrNO3/c1-13-7-8-18(17(20)9-13)24-14(2)19(22)21-11-15-5-4-6-16(10-15)12-23-3/h4-10,14H,11-12H2,1-3H3,(H,21,22)/t14-/m0/s1. The van der Waals surface area contributed by atoms with E-state index in [9.17, 15) is 4.79 Å². The molecule has 128 valence electrons. The second-order valence-electron chi connectivity index (χ2n) is 5.66. The topological polar surface area (TPSA) is 47.6 Å². The first-order valence-corrected chi connectivity index (χ1v) is 8.56. The second kappa shape index (κ2) is 8.85. The third-order valence-electron chi connectivity index (χ3n) is 3.53. The summed E-state index contributed by atoms with van der Waals surface area (Å²) in [5.74, 6) is 0.505. The number of aryl methyl sites for hydroxylation is 1. The Kier molecular flexibility index (Phi) is 6.82. The third-order valence-corrected chi connectivity index (χ3v) is 4.15. The highest BCUT2D eigenvalue weighted by molar-refractivity contribution is 9.10. The molecule has 5 heteroatoms. The van der Waals surface area contributed by atoms with Gasteiger partial charge in [0.25, 0.3) is 5.91 Å². The van der Waals surface area contributed by atoms with Gasteiger partial charge < -0.3 is 14.8 Å². The van der Waals surface area contributed by atoms with Crippen LogP contribution in [0.5, 0.6) is 5.75 Å². The van der Waals surface area contributed by atoms with Crippen LogP contribution in [0.15, 0.2) is 46.9 Å². The lowest BCUT2D eigenvalue weighted by Gasteiger charge is -2.16. The number of methoxy groups -OCH3 is 1. The number of rotatable bonds is 7. The minimum absolute atomic E-state index is 0.153. The van der Waals surface area contributed by atoms with Gasteiger partial charge in [0.2, 0.25) is 0 Å². The summed E-state index contributed by atoms with van der Waals surface area (Å²) in [6.45, 7) is 4.76. The fraction of sp³-hybridized carbons (Fsp3) is 0.316. The first-order chi connectivity index (χ1) is 11.5. The van der Waals surface area contributed by atoms with Gasteiger partial charge in [-0.2, -0.15) is 0 Å². The van der Waals surface area contributed by atoms with E-state index in [4.69, 9.17) is 9.47 Å². The number of ether oxygens (including phenoxy) is 2. The summed E-state index contributed by atoms with van der Waals surface area (Å²) in [5.41, 5.74) is 3.24. The van der Waals surface area contributed by atoms with Crippen LogP contribution in [0.1, 0.15) is 23.6 Å². The Morgan fingerprint density at radius 2 is 1.96 bits per heavy atom. The molecule has 0 bridgehead atoms. The van der Waals surface area contributed by atoms with Crippen LogP contribution in [0, 0.1) is 6.92 Å². The molecule has 1 N–H and O–H groups in total. The molecule has 0 spiro atoms. The molecule has 0 saturated heterocycles. The molecule has 1 amide bonds. The Bertz CT molecular complexity index is 703. The Morgan fingerprint density at radius 1 is 1.21 bits per heavy atom. The smallest absolute Gasteiger partial charge is 0.261 e. The summed E-state index contributed by atoms with van der Waals surface area (Å²) in [6, 6.07) is 13.7. The van der Waals surface area contributed by atoms with Crippen LogP contribution in [0.4, 0.5) is 0 Å². The van der Waals surface area contributed by atoms with E-state index >= 15 is 0 Å². The summed E-state index contributed by atoms with van der Waals surface area (Å²) in [5, 5.41) is 2.90. The van der Waals surface area contributed by atoms with Gasteiger partial charge in [0.05, 0.1) is 11.1 Å². The third kappa shape index (κ3) is 5.35. The number of hydrogen-bond donors (Lipinski definition) is 1. The molecule has 2 rings (SSSR count). The van der Waals surface area contributed by atoms with Crippen molar-refractivity contribution in [1.29, 1.82) is 0 Å². The van der Waals surface area contributed by atoms with Crippen LogP contribution in [-0.4, -0.2) is 19.1 Å². The van der Waals surface area contributed by atoms with Crippen molar-refractivity contribution in [1.82, 2.24) is 5.32 Å². The molecule has 0 aliphatic carbocycles. The summed E-state index contributed by atoms with van der Waals surface area (Å²) in [7, 11) is 1.66. The van der Waals surface area contributed by atoms with Crippen molar-refractivity contribution in [3.8, 4) is 5.75 Å². The number of hydrogen-bond acceptors (Lipinski definition) is 3. The Morgan fingerprint density at radius 3 is 2.67 bits per heavy atom. The van der Waals surface area contributed by atoms with E-state index in [-0.39, 0.29) is 5.91 Å². The van der Waals surface area contributed by atoms with Gasteiger partial charge in [-0.3, -0.25) is 4.79 Å². The minimum Gasteiger partial charge on any atom is -0.480 e. The Labute approximate surface area is 151 Å². The molecular formula is C19H22BrNO3. The van der Waals surface area contributed by atoms with E-state index in [0.29, 0.717) is 18.9 Å². The molecule has 0 fully saturated rings. The Balaban J connectivity index is 1.90. The zero-order valence-electron chi connectivity index (χ0n) is 14.1. The summed E-state index contributed by atoms with van der Waals surface area (Å²) in [4.78, 5) is 12.2. The first kappa shape index (κ1) is 18.5. The van der Waals surface area contributed by atoms with E-state index < -0.39 is 6.10 Å². The highest BCUT2D eigenvalue weighted by atomic mass is 79.9. The van der Waals surface area contributed by atoms with Gasteiger partial charge >= 0.3 is 0 Å². The number of carbonyl (C=O) groups excluding carboxylic acids is 1. The SMILES string of the molecule is COCc1cccc(CNC(=O)[C@H](C)Oc2ccc(C)cc2Br)c1. The molecule has 2 aromatic carbocycles. The molecule has 24 heavy (non-hydrogen) atoms. The van der Waals surface area contributed by atoms with Crippen molar-refractivity contribution < 1.29 is 14.3 Å². The maximum Gasteiger partial charge on any atom is 0.261 e. The van der Waals surface area contributed by atoms with Crippen LogP contribution in [0.3, 0.4) is 0 Å². The van der Waals surface area contributed by atoms with Crippen LogP contribution in [0.2, 0.25) is 0 Å². The molecular weight excluding hydrogens is 370 g/mol. The quantitative estimate of drug-likeness (QED) is 0.775. The lowest BCUT2D eigenvalue weighted by Crippen LogP contribution is -2.36. The van der Waals surface area contributed by atoms with Gasteiger partial charge in [0, 0.05) is 13.7 Å². The van der Waals surface area contributed by atoms with E-state index in [2.05, 4.69) is 21.2 Å². The average Bonchev–Trinajstić information content (AvgIpc) is 2.56. The van der Waals surface area contributed by atoms with Gasteiger partial charge in [-0.05, 0) is 58.6 Å². The molecule has 1 atom stereocenters. The predicted octanol–water partition coefficient (Wildman–Crippen LogP) is 3.99. The van der Waals surface area contributed by atoms with Crippen LogP contribution in [-0.2, 0) is 22.7 Å². The van der Waals surface area contributed by atoms with Crippen LogP contribution < -0.4 is 10.1 Å². The van der Waals surface area contributed by atoms with Gasteiger partial charge in [-0.25, -0.2) is 0 Å². The molecule has 0 saturated carbocycles. The van der Waals surface area contributed by atoms with Crippen molar-refractivity contribution in [2.45, 2.75) is 33.1 Å². The second-order valence-corrected chi connectivity index (χ2v) is 6.52. The van der Waals surface area contributed by atoms with Crippen molar-refractivity contribution in [2.75, 3.05) is 7.11 Å². The maximum atomic E-state index is 12.2. The van der Waals surface area contributed by atoms with Gasteiger partial charge in [-0.1, -0.05) is 30.3 Å². The van der Waals surface area contributed by atoms with Crippen LogP contribution >= 0.6 is 15.9 Å². The fourth-order valence-electron chi connectivity index (χ4n) is 2.27. The highest BCUT2D eigenvalue weighted by Gasteiger charge is 2.15. The molecule has 0 unspecified atom stereocenters. The number of benzene rings is 2. The average molecular weight is 392 g/mol. The monoisotopic (exact) mass is 391 g/mol. The van der Waals surface area contributed by atoms with E-state index in [1.54, 1.807) is 14.0 Å². The molecule has 4 nitrogen and oxygen atoms in total. The normalized spacial score (nSPS) is 11.8. The highest BCUT2D eigenvalue weighted by Crippen LogP contribution is 2.26. The van der Waals surface area contributed by atoms with Gasteiger partial charge in [0.1, 0.15) is 5.75 Å². The van der Waals surface area contributed by atoms with E-state index in [0.717, 1.165) is 21.2 Å². The first-order valence-electron chi connectivity index (χ1n) is 7.77. The Hall–Kier alpha value is -1.85. The summed E-state index contributed by atoms with van der Waals surface area (Å²) < 4.78 is 11.7. The molecule has 0 radical (unpaired) electrons. The van der Waals surface area contributed by atoms with Crippen molar-refractivity contribution in [2.24, 2.45) is 0 Å². The van der Waals surface area contributed by atoms with Crippen molar-refractivity contribution in [3.05, 3.63) is 63.6 Å². The fourth-order valence-corrected chi connectivity index (χ4v) is 2.86. The molecule has 0 aromatic heterocycles. The van der Waals surface area contributed by atoms with E-state index in [1.807, 2.05) is 49.4 Å². The zero-order valence-corrected chi connectivity index (χ0v) is 15.7. The van der Waals surface area contributed by atoms with Gasteiger partial charge in [0.15, 0.2) is 6.10 Å². The van der Waals surface area contributed by atoms with E-state index in [1.165, 1.54) is 0 Å². The minimum atomic E-state index is -0.578. The number of amides is 1. The van der Waals surface area contributed by atoms with Crippen molar-refractivity contribution >= 4 is 21.8 Å². The lowest BCUT2D eigenvalue weighted by atomic mass is 10.1. The zero-order chi connectivity index (χ0) is 17.5. The molecule has 0 heterocycles. The largest absolute Gasteiger partial charge is 0.480 e. The number of carbonyl (C=O) groups is 1. The maximum absolute atomic E-state index is 12.2. The summed E-state index contributed by atoms with van der Waals surface area (Å²) in [6.07, 6.45) is -0.578. The lowest BCUT2D eigenvalue weighted by molar-refractivity contribution is -0.127. The van der Waals surface area contributed by atoms with Gasteiger partial charge in [-0.15, -0.1) is 0 Å². The predicted molar refractivity (Wildman–Crippen MR) is 98.0 cm³/mol. The molecule has 0 aliphatic rings. The summed E-state index contributed by atoms with van der Waals surface area (Å²) >= 11 is 3.45. The van der Waals surface area contributed by atoms with Crippen LogP contribution in [0.25, 0.3) is 0 Å². The number of halogens is 1. The number of nitrogens with one attached hydrogen (secondary N) is 1. The molecule has 2 aromatic rings.